The number of carbonyl (C=O) groups is 2. The second kappa shape index (κ2) is 9.55. The minimum atomic E-state index is -0.835. The number of benzene rings is 3. The Labute approximate surface area is 226 Å². The molecule has 6 rings (SSSR count). The van der Waals surface area contributed by atoms with Crippen molar-refractivity contribution in [2.45, 2.75) is 13.0 Å². The third-order valence-corrected chi connectivity index (χ3v) is 7.61. The van der Waals surface area contributed by atoms with Crippen molar-refractivity contribution in [2.75, 3.05) is 25.7 Å². The number of para-hydroxylation sites is 1. The van der Waals surface area contributed by atoms with Crippen LogP contribution in [0.25, 0.3) is 21.2 Å². The third-order valence-electron chi connectivity index (χ3n) is 6.60. The van der Waals surface area contributed by atoms with E-state index in [1.165, 1.54) is 30.5 Å². The average molecular weight is 543 g/mol. The molecule has 1 atom stereocenters. The highest BCUT2D eigenvalue weighted by atomic mass is 32.1. The van der Waals surface area contributed by atoms with E-state index in [4.69, 9.17) is 23.6 Å². The molecule has 0 aliphatic carbocycles. The molecule has 2 aromatic heterocycles. The molecule has 0 spiro atoms. The van der Waals surface area contributed by atoms with Crippen LogP contribution in [0, 0.1) is 0 Å². The molecule has 3 aromatic carbocycles. The van der Waals surface area contributed by atoms with Gasteiger partial charge in [0.1, 0.15) is 5.58 Å². The van der Waals surface area contributed by atoms with E-state index < -0.39 is 17.9 Å². The second-order valence-electron chi connectivity index (χ2n) is 8.76. The van der Waals surface area contributed by atoms with Crippen LogP contribution in [0.2, 0.25) is 0 Å². The monoisotopic (exact) mass is 542 g/mol. The molecule has 39 heavy (non-hydrogen) atoms. The van der Waals surface area contributed by atoms with E-state index in [2.05, 4.69) is 0 Å². The number of hydrogen-bond acceptors (Lipinski definition) is 9. The minimum Gasteiger partial charge on any atom is -0.493 e. The molecule has 9 nitrogen and oxygen atoms in total. The summed E-state index contributed by atoms with van der Waals surface area (Å²) >= 11 is 1.23. The van der Waals surface area contributed by atoms with Crippen molar-refractivity contribution in [2.24, 2.45) is 0 Å². The number of fused-ring (bicyclic) bond motifs is 3. The van der Waals surface area contributed by atoms with E-state index in [9.17, 15) is 14.4 Å². The average Bonchev–Trinajstić information content (AvgIpc) is 3.51. The predicted molar refractivity (Wildman–Crippen MR) is 146 cm³/mol. The van der Waals surface area contributed by atoms with Crippen LogP contribution in [-0.4, -0.2) is 37.7 Å². The maximum absolute atomic E-state index is 13.9. The molecular formula is C29H22N2O7S. The lowest BCUT2D eigenvalue weighted by Crippen LogP contribution is -2.29. The Morgan fingerprint density at radius 1 is 1.03 bits per heavy atom. The number of aromatic nitrogens is 1. The Hall–Kier alpha value is -4.70. The Morgan fingerprint density at radius 2 is 1.82 bits per heavy atom. The van der Waals surface area contributed by atoms with Crippen LogP contribution < -0.4 is 19.8 Å². The van der Waals surface area contributed by atoms with Crippen LogP contribution in [0.3, 0.4) is 0 Å². The maximum Gasteiger partial charge on any atom is 0.338 e. The van der Waals surface area contributed by atoms with Crippen molar-refractivity contribution < 1.29 is 28.2 Å². The summed E-state index contributed by atoms with van der Waals surface area (Å²) in [6.45, 7) is 2.00. The highest BCUT2D eigenvalue weighted by molar-refractivity contribution is 7.22. The minimum absolute atomic E-state index is 0.0371. The molecule has 0 N–H and O–H groups in total. The van der Waals surface area contributed by atoms with Gasteiger partial charge in [-0.15, -0.1) is 0 Å². The van der Waals surface area contributed by atoms with Gasteiger partial charge >= 0.3 is 5.97 Å². The van der Waals surface area contributed by atoms with Gasteiger partial charge in [-0.1, -0.05) is 29.5 Å². The largest absolute Gasteiger partial charge is 0.493 e. The third kappa shape index (κ3) is 3.91. The zero-order valence-electron chi connectivity index (χ0n) is 21.2. The fourth-order valence-corrected chi connectivity index (χ4v) is 5.84. The van der Waals surface area contributed by atoms with Gasteiger partial charge in [0.25, 0.3) is 5.91 Å². The second-order valence-corrected chi connectivity index (χ2v) is 9.77. The van der Waals surface area contributed by atoms with Crippen molar-refractivity contribution in [1.82, 2.24) is 4.98 Å². The summed E-state index contributed by atoms with van der Waals surface area (Å²) in [4.78, 5) is 46.2. The summed E-state index contributed by atoms with van der Waals surface area (Å²) in [6, 6.07) is 16.3. The molecule has 0 saturated carbocycles. The van der Waals surface area contributed by atoms with Crippen molar-refractivity contribution in [3.63, 3.8) is 0 Å². The Kier molecular flexibility index (Phi) is 6.03. The van der Waals surface area contributed by atoms with Gasteiger partial charge in [0.2, 0.25) is 5.76 Å². The van der Waals surface area contributed by atoms with Crippen molar-refractivity contribution in [1.29, 1.82) is 0 Å². The summed E-state index contributed by atoms with van der Waals surface area (Å²) in [6.07, 6.45) is 0. The molecule has 10 heteroatoms. The van der Waals surface area contributed by atoms with Gasteiger partial charge in [0.15, 0.2) is 22.1 Å². The van der Waals surface area contributed by atoms with Gasteiger partial charge in [-0.3, -0.25) is 14.5 Å². The Morgan fingerprint density at radius 3 is 2.59 bits per heavy atom. The maximum atomic E-state index is 13.9. The molecular weight excluding hydrogens is 520 g/mol. The molecule has 1 amide bonds. The van der Waals surface area contributed by atoms with Crippen LogP contribution in [0.15, 0.2) is 69.9 Å². The van der Waals surface area contributed by atoms with E-state index in [-0.39, 0.29) is 23.4 Å². The first-order valence-corrected chi connectivity index (χ1v) is 13.0. The molecule has 0 unspecified atom stereocenters. The first kappa shape index (κ1) is 24.6. The van der Waals surface area contributed by atoms with Gasteiger partial charge in [0.05, 0.1) is 53.6 Å². The standard InChI is InChI=1S/C29H22N2O7S/c1-4-37-28(34)16-9-11-18-22(14-16)39-29(30-18)31-24(15-10-12-20(35-2)21(13-15)36-3)23-25(32)17-7-5-6-8-19(17)38-26(23)27(31)33/h5-14,24H,4H2,1-3H3/t24-/m1/s1. The van der Waals surface area contributed by atoms with Gasteiger partial charge in [-0.25, -0.2) is 9.78 Å². The molecule has 5 aromatic rings. The molecule has 1 aliphatic rings. The normalized spacial score (nSPS) is 14.6. The van der Waals surface area contributed by atoms with Crippen LogP contribution >= 0.6 is 11.3 Å². The topological polar surface area (TPSA) is 108 Å². The number of ether oxygens (including phenoxy) is 3. The summed E-state index contributed by atoms with van der Waals surface area (Å²) < 4.78 is 22.7. The van der Waals surface area contributed by atoms with Crippen molar-refractivity contribution in [3.05, 3.63) is 93.3 Å². The lowest BCUT2D eigenvalue weighted by molar-refractivity contribution is 0.0526. The number of esters is 1. The number of methoxy groups -OCH3 is 2. The van der Waals surface area contributed by atoms with Crippen LogP contribution in [-0.2, 0) is 4.74 Å². The smallest absolute Gasteiger partial charge is 0.338 e. The van der Waals surface area contributed by atoms with Crippen LogP contribution in [0.5, 0.6) is 11.5 Å². The number of rotatable bonds is 6. The number of hydrogen-bond donors (Lipinski definition) is 0. The highest BCUT2D eigenvalue weighted by Gasteiger charge is 2.45. The molecule has 0 saturated heterocycles. The number of nitrogens with zero attached hydrogens (tertiary/aromatic N) is 2. The number of amides is 1. The van der Waals surface area contributed by atoms with Gasteiger partial charge in [-0.05, 0) is 55.0 Å². The van der Waals surface area contributed by atoms with E-state index in [1.54, 1.807) is 67.6 Å². The summed E-state index contributed by atoms with van der Waals surface area (Å²) in [5.74, 6) is -0.00950. The zero-order valence-corrected chi connectivity index (χ0v) is 22.0. The van der Waals surface area contributed by atoms with Gasteiger partial charge in [-0.2, -0.15) is 0 Å². The first-order valence-electron chi connectivity index (χ1n) is 12.1. The van der Waals surface area contributed by atoms with Crippen molar-refractivity contribution >= 4 is 49.5 Å². The lowest BCUT2D eigenvalue weighted by atomic mass is 9.98. The Balaban J connectivity index is 1.57. The first-order chi connectivity index (χ1) is 18.9. The fourth-order valence-electron chi connectivity index (χ4n) is 4.81. The van der Waals surface area contributed by atoms with E-state index >= 15 is 0 Å². The quantitative estimate of drug-likeness (QED) is 0.264. The molecule has 0 bridgehead atoms. The molecule has 0 fully saturated rings. The lowest BCUT2D eigenvalue weighted by Gasteiger charge is -2.23. The van der Waals surface area contributed by atoms with E-state index in [0.29, 0.717) is 48.9 Å². The van der Waals surface area contributed by atoms with Gasteiger partial charge < -0.3 is 18.6 Å². The predicted octanol–water partition coefficient (Wildman–Crippen LogP) is 5.35. The number of carbonyl (C=O) groups excluding carboxylic acids is 2. The SMILES string of the molecule is CCOC(=O)c1ccc2nc(N3C(=O)c4oc5ccccc5c(=O)c4[C@H]3c3ccc(OC)c(OC)c3)sc2c1. The summed E-state index contributed by atoms with van der Waals surface area (Å²) in [5.41, 5.74) is 1.85. The van der Waals surface area contributed by atoms with E-state index in [1.807, 2.05) is 0 Å². The zero-order chi connectivity index (χ0) is 27.3. The fraction of sp³-hybridized carbons (Fsp3) is 0.172. The van der Waals surface area contributed by atoms with Gasteiger partial charge in [0, 0.05) is 0 Å². The Bertz CT molecular complexity index is 1840. The van der Waals surface area contributed by atoms with Crippen LogP contribution in [0.1, 0.15) is 45.0 Å². The van der Waals surface area contributed by atoms with Crippen LogP contribution in [0.4, 0.5) is 5.13 Å². The van der Waals surface area contributed by atoms with E-state index in [0.717, 1.165) is 0 Å². The molecule has 1 aliphatic heterocycles. The highest BCUT2D eigenvalue weighted by Crippen LogP contribution is 2.45. The molecule has 0 radical (unpaired) electrons. The summed E-state index contributed by atoms with van der Waals surface area (Å²) in [7, 11) is 3.05. The molecule has 196 valence electrons. The number of thiazole rings is 1. The number of anilines is 1. The molecule has 3 heterocycles. The summed E-state index contributed by atoms with van der Waals surface area (Å²) in [5, 5.41) is 0.727. The van der Waals surface area contributed by atoms with Crippen molar-refractivity contribution in [3.8, 4) is 11.5 Å².